The molecule has 0 spiro atoms. The molecular weight excluding hydrogens is 340 g/mol. The van der Waals surface area contributed by atoms with Crippen molar-refractivity contribution in [3.05, 3.63) is 58.9 Å². The standard InChI is InChI=1S/C22H28N2O3/c1-3-20-21(9-4-16(2)23-20)27-15-22(26)24-11-10-19(13-24)12-17-5-7-18(14-25)8-6-17/h4-9,19,25H,3,10-15H2,1-2H3/t19-/m0/s1. The number of benzene rings is 1. The molecule has 1 aromatic heterocycles. The second-order valence-electron chi connectivity index (χ2n) is 7.21. The molecule has 0 radical (unpaired) electrons. The van der Waals surface area contributed by atoms with Crippen LogP contribution in [-0.2, 0) is 24.2 Å². The van der Waals surface area contributed by atoms with Crippen molar-refractivity contribution in [2.75, 3.05) is 19.7 Å². The Hall–Kier alpha value is -2.40. The van der Waals surface area contributed by atoms with Gasteiger partial charge in [-0.15, -0.1) is 0 Å². The summed E-state index contributed by atoms with van der Waals surface area (Å²) in [5.74, 6) is 1.22. The first-order valence-corrected chi connectivity index (χ1v) is 9.64. The van der Waals surface area contributed by atoms with Gasteiger partial charge in [0.1, 0.15) is 5.75 Å². The molecule has 5 heteroatoms. The summed E-state index contributed by atoms with van der Waals surface area (Å²) in [5, 5.41) is 9.13. The third-order valence-corrected chi connectivity index (χ3v) is 5.13. The molecule has 1 amide bonds. The van der Waals surface area contributed by atoms with E-state index in [1.54, 1.807) is 0 Å². The van der Waals surface area contributed by atoms with Crippen molar-refractivity contribution in [1.82, 2.24) is 9.88 Å². The van der Waals surface area contributed by atoms with E-state index in [1.165, 1.54) is 5.56 Å². The lowest BCUT2D eigenvalue weighted by atomic mass is 9.98. The molecule has 3 rings (SSSR count). The van der Waals surface area contributed by atoms with E-state index >= 15 is 0 Å². The maximum Gasteiger partial charge on any atom is 0.260 e. The molecule has 1 aromatic carbocycles. The normalized spacial score (nSPS) is 16.6. The number of carbonyl (C=O) groups excluding carboxylic acids is 1. The molecule has 144 valence electrons. The number of rotatable bonds is 7. The number of aliphatic hydroxyl groups excluding tert-OH is 1. The van der Waals surface area contributed by atoms with Gasteiger partial charge in [-0.1, -0.05) is 31.2 Å². The smallest absolute Gasteiger partial charge is 0.260 e. The molecule has 5 nitrogen and oxygen atoms in total. The average Bonchev–Trinajstić information content (AvgIpc) is 3.16. The van der Waals surface area contributed by atoms with Crippen LogP contribution in [0.25, 0.3) is 0 Å². The number of carbonyl (C=O) groups is 1. The van der Waals surface area contributed by atoms with Crippen molar-refractivity contribution >= 4 is 5.91 Å². The second kappa shape index (κ2) is 9.00. The lowest BCUT2D eigenvalue weighted by Gasteiger charge is -2.18. The van der Waals surface area contributed by atoms with Crippen molar-refractivity contribution in [2.24, 2.45) is 5.92 Å². The first kappa shape index (κ1) is 19.4. The number of nitrogens with zero attached hydrogens (tertiary/aromatic N) is 2. The van der Waals surface area contributed by atoms with Crippen LogP contribution >= 0.6 is 0 Å². The van der Waals surface area contributed by atoms with Gasteiger partial charge in [0, 0.05) is 18.8 Å². The summed E-state index contributed by atoms with van der Waals surface area (Å²) < 4.78 is 5.76. The number of likely N-dealkylation sites (tertiary alicyclic amines) is 1. The van der Waals surface area contributed by atoms with Crippen LogP contribution in [0.5, 0.6) is 5.75 Å². The molecule has 1 saturated heterocycles. The molecule has 1 aliphatic rings. The number of aliphatic hydroxyl groups is 1. The largest absolute Gasteiger partial charge is 0.482 e. The second-order valence-corrected chi connectivity index (χ2v) is 7.21. The van der Waals surface area contributed by atoms with E-state index in [0.717, 1.165) is 49.3 Å². The minimum absolute atomic E-state index is 0.0377. The molecule has 1 aliphatic heterocycles. The summed E-state index contributed by atoms with van der Waals surface area (Å²) in [6.45, 7) is 5.69. The van der Waals surface area contributed by atoms with Gasteiger partial charge in [-0.25, -0.2) is 0 Å². The summed E-state index contributed by atoms with van der Waals surface area (Å²) in [7, 11) is 0. The SMILES string of the molecule is CCc1nc(C)ccc1OCC(=O)N1CC[C@@H](Cc2ccc(CO)cc2)C1. The fourth-order valence-electron chi connectivity index (χ4n) is 3.55. The van der Waals surface area contributed by atoms with E-state index in [4.69, 9.17) is 9.84 Å². The summed E-state index contributed by atoms with van der Waals surface area (Å²) in [5.41, 5.74) is 4.03. The summed E-state index contributed by atoms with van der Waals surface area (Å²) in [6.07, 6.45) is 2.75. The fraction of sp³-hybridized carbons (Fsp3) is 0.455. The Morgan fingerprint density at radius 1 is 1.22 bits per heavy atom. The highest BCUT2D eigenvalue weighted by molar-refractivity contribution is 5.78. The van der Waals surface area contributed by atoms with Gasteiger partial charge in [0.15, 0.2) is 6.61 Å². The Bertz CT molecular complexity index is 774. The average molecular weight is 368 g/mol. The van der Waals surface area contributed by atoms with Gasteiger partial charge in [0.25, 0.3) is 5.91 Å². The Labute approximate surface area is 161 Å². The molecule has 27 heavy (non-hydrogen) atoms. The van der Waals surface area contributed by atoms with Crippen LogP contribution in [0.3, 0.4) is 0 Å². The predicted octanol–water partition coefficient (Wildman–Crippen LogP) is 2.91. The Morgan fingerprint density at radius 3 is 2.67 bits per heavy atom. The highest BCUT2D eigenvalue weighted by Gasteiger charge is 2.26. The van der Waals surface area contributed by atoms with Crippen LogP contribution in [0.4, 0.5) is 0 Å². The van der Waals surface area contributed by atoms with E-state index in [2.05, 4.69) is 17.1 Å². The third-order valence-electron chi connectivity index (χ3n) is 5.13. The minimum atomic E-state index is 0.0377. The van der Waals surface area contributed by atoms with Gasteiger partial charge in [-0.3, -0.25) is 9.78 Å². The van der Waals surface area contributed by atoms with Crippen molar-refractivity contribution in [2.45, 2.75) is 39.7 Å². The lowest BCUT2D eigenvalue weighted by molar-refractivity contribution is -0.132. The topological polar surface area (TPSA) is 62.7 Å². The molecule has 2 aromatic rings. The number of hydrogen-bond acceptors (Lipinski definition) is 4. The first-order chi connectivity index (χ1) is 13.1. The zero-order chi connectivity index (χ0) is 19.2. The first-order valence-electron chi connectivity index (χ1n) is 9.64. The number of pyridine rings is 1. The highest BCUT2D eigenvalue weighted by atomic mass is 16.5. The van der Waals surface area contributed by atoms with E-state index in [1.807, 2.05) is 43.0 Å². The van der Waals surface area contributed by atoms with E-state index in [9.17, 15) is 4.79 Å². The zero-order valence-electron chi connectivity index (χ0n) is 16.1. The number of aromatic nitrogens is 1. The van der Waals surface area contributed by atoms with Crippen molar-refractivity contribution in [1.29, 1.82) is 0 Å². The Balaban J connectivity index is 1.50. The number of ether oxygens (including phenoxy) is 1. The van der Waals surface area contributed by atoms with Gasteiger partial charge in [0.05, 0.1) is 12.3 Å². The summed E-state index contributed by atoms with van der Waals surface area (Å²) in [4.78, 5) is 18.9. The van der Waals surface area contributed by atoms with Crippen LogP contribution < -0.4 is 4.74 Å². The highest BCUT2D eigenvalue weighted by Crippen LogP contribution is 2.22. The zero-order valence-corrected chi connectivity index (χ0v) is 16.1. The maximum absolute atomic E-state index is 12.5. The predicted molar refractivity (Wildman–Crippen MR) is 105 cm³/mol. The molecule has 0 unspecified atom stereocenters. The van der Waals surface area contributed by atoms with E-state index < -0.39 is 0 Å². The Morgan fingerprint density at radius 2 is 1.96 bits per heavy atom. The molecule has 1 N–H and O–H groups in total. The van der Waals surface area contributed by atoms with E-state index in [-0.39, 0.29) is 19.1 Å². The third kappa shape index (κ3) is 5.07. The summed E-state index contributed by atoms with van der Waals surface area (Å²) >= 11 is 0. The molecular formula is C22H28N2O3. The van der Waals surface area contributed by atoms with Gasteiger partial charge in [-0.2, -0.15) is 0 Å². The number of aryl methyl sites for hydroxylation is 2. The molecule has 0 saturated carbocycles. The van der Waals surface area contributed by atoms with Gasteiger partial charge in [-0.05, 0) is 55.4 Å². The quantitative estimate of drug-likeness (QED) is 0.816. The lowest BCUT2D eigenvalue weighted by Crippen LogP contribution is -2.33. The molecule has 0 aliphatic carbocycles. The van der Waals surface area contributed by atoms with Crippen LogP contribution in [0.2, 0.25) is 0 Å². The fourth-order valence-corrected chi connectivity index (χ4v) is 3.55. The maximum atomic E-state index is 12.5. The molecule has 1 atom stereocenters. The molecule has 1 fully saturated rings. The van der Waals surface area contributed by atoms with Gasteiger partial charge in [0.2, 0.25) is 0 Å². The van der Waals surface area contributed by atoms with Crippen LogP contribution in [0.15, 0.2) is 36.4 Å². The number of hydrogen-bond donors (Lipinski definition) is 1. The van der Waals surface area contributed by atoms with Crippen molar-refractivity contribution in [3.63, 3.8) is 0 Å². The summed E-state index contributed by atoms with van der Waals surface area (Å²) in [6, 6.07) is 11.9. The minimum Gasteiger partial charge on any atom is -0.482 e. The van der Waals surface area contributed by atoms with Crippen LogP contribution in [0.1, 0.15) is 35.9 Å². The molecule has 2 heterocycles. The van der Waals surface area contributed by atoms with E-state index in [0.29, 0.717) is 11.7 Å². The van der Waals surface area contributed by atoms with Gasteiger partial charge >= 0.3 is 0 Å². The monoisotopic (exact) mass is 368 g/mol. The van der Waals surface area contributed by atoms with Crippen molar-refractivity contribution < 1.29 is 14.6 Å². The van der Waals surface area contributed by atoms with Crippen LogP contribution in [0, 0.1) is 12.8 Å². The van der Waals surface area contributed by atoms with Crippen LogP contribution in [-0.4, -0.2) is 40.6 Å². The molecule has 0 bridgehead atoms. The Kier molecular flexibility index (Phi) is 6.45. The van der Waals surface area contributed by atoms with Crippen molar-refractivity contribution in [3.8, 4) is 5.75 Å². The van der Waals surface area contributed by atoms with Gasteiger partial charge < -0.3 is 14.7 Å². The number of amides is 1.